The number of aryl methyl sites for hydroxylation is 1. The van der Waals surface area contributed by atoms with Crippen LogP contribution in [0, 0.1) is 6.92 Å². The molecule has 1 N–H and O–H groups in total. The fraction of sp³-hybridized carbons (Fsp3) is 0.333. The first-order valence-electron chi connectivity index (χ1n) is 4.44. The molecule has 6 nitrogen and oxygen atoms in total. The maximum atomic E-state index is 10.7. The average molecular weight is 243 g/mol. The summed E-state index contributed by atoms with van der Waals surface area (Å²) in [5, 5.41) is 8.77. The van der Waals surface area contributed by atoms with E-state index in [4.69, 9.17) is 5.11 Å². The van der Waals surface area contributed by atoms with Gasteiger partial charge in [-0.15, -0.1) is 0 Å². The van der Waals surface area contributed by atoms with E-state index in [1.54, 1.807) is 12.1 Å². The number of amides is 1. The zero-order valence-electron chi connectivity index (χ0n) is 8.62. The number of hydrogen-bond donors (Lipinski definition) is 1. The number of rotatable bonds is 4. The molecule has 1 heterocycles. The van der Waals surface area contributed by atoms with Crippen molar-refractivity contribution in [1.29, 1.82) is 0 Å². The van der Waals surface area contributed by atoms with Crippen molar-refractivity contribution < 1.29 is 18.7 Å². The smallest absolute Gasteiger partial charge is 0.408 e. The van der Waals surface area contributed by atoms with Gasteiger partial charge in [-0.3, -0.25) is 14.1 Å². The van der Waals surface area contributed by atoms with Gasteiger partial charge in [-0.25, -0.2) is 4.79 Å². The van der Waals surface area contributed by atoms with Crippen LogP contribution in [0.25, 0.3) is 0 Å². The highest BCUT2D eigenvalue weighted by molar-refractivity contribution is 7.79. The predicted molar refractivity (Wildman–Crippen MR) is 56.3 cm³/mol. The molecule has 88 valence electrons. The summed E-state index contributed by atoms with van der Waals surface area (Å²) in [6, 6.07) is 3.45. The van der Waals surface area contributed by atoms with Gasteiger partial charge in [-0.1, -0.05) is 6.07 Å². The maximum absolute atomic E-state index is 10.7. The molecule has 1 aromatic heterocycles. The van der Waals surface area contributed by atoms with Crippen LogP contribution in [-0.2, 0) is 17.6 Å². The van der Waals surface area contributed by atoms with Gasteiger partial charge in [0.1, 0.15) is 0 Å². The van der Waals surface area contributed by atoms with E-state index in [0.717, 1.165) is 10.6 Å². The van der Waals surface area contributed by atoms with E-state index in [1.165, 1.54) is 6.20 Å². The van der Waals surface area contributed by atoms with E-state index < -0.39 is 23.1 Å². The zero-order valence-corrected chi connectivity index (χ0v) is 9.44. The highest BCUT2D eigenvalue weighted by Crippen LogP contribution is 2.05. The van der Waals surface area contributed by atoms with E-state index >= 15 is 0 Å². The largest absolute Gasteiger partial charge is 0.771 e. The molecule has 0 spiro atoms. The number of nitrogens with zero attached hydrogens (tertiary/aromatic N) is 2. The first-order valence-corrected chi connectivity index (χ1v) is 5.68. The third kappa shape index (κ3) is 3.95. The Morgan fingerprint density at radius 3 is 2.75 bits per heavy atom. The van der Waals surface area contributed by atoms with Gasteiger partial charge in [0, 0.05) is 11.9 Å². The minimum Gasteiger partial charge on any atom is -0.771 e. The lowest BCUT2D eigenvalue weighted by Crippen LogP contribution is -2.31. The molecule has 0 saturated heterocycles. The van der Waals surface area contributed by atoms with Gasteiger partial charge in [0.05, 0.1) is 12.4 Å². The molecule has 0 aromatic carbocycles. The van der Waals surface area contributed by atoms with Crippen molar-refractivity contribution in [2.75, 3.05) is 5.88 Å². The first-order chi connectivity index (χ1) is 7.49. The number of pyridine rings is 1. The van der Waals surface area contributed by atoms with E-state index in [-0.39, 0.29) is 6.54 Å². The first kappa shape index (κ1) is 12.6. The minimum atomic E-state index is -2.42. The van der Waals surface area contributed by atoms with Crippen molar-refractivity contribution in [3.8, 4) is 0 Å². The lowest BCUT2D eigenvalue weighted by molar-refractivity contribution is 0.150. The van der Waals surface area contributed by atoms with Crippen LogP contribution in [0.15, 0.2) is 18.3 Å². The van der Waals surface area contributed by atoms with Crippen molar-refractivity contribution in [3.05, 3.63) is 29.6 Å². The summed E-state index contributed by atoms with van der Waals surface area (Å²) in [6.07, 6.45) is 0.253. The molecule has 16 heavy (non-hydrogen) atoms. The number of aromatic nitrogens is 1. The molecule has 1 aromatic rings. The molecular formula is C9H11N2O4S-. The van der Waals surface area contributed by atoms with Gasteiger partial charge in [-0.2, -0.15) is 0 Å². The summed E-state index contributed by atoms with van der Waals surface area (Å²) < 4.78 is 20.9. The van der Waals surface area contributed by atoms with Gasteiger partial charge < -0.3 is 9.66 Å². The molecule has 0 bridgehead atoms. The third-order valence-corrected chi connectivity index (χ3v) is 2.40. The average Bonchev–Trinajstić information content (AvgIpc) is 2.19. The highest BCUT2D eigenvalue weighted by Gasteiger charge is 2.12. The zero-order chi connectivity index (χ0) is 12.1. The van der Waals surface area contributed by atoms with Gasteiger partial charge >= 0.3 is 6.09 Å². The third-order valence-electron chi connectivity index (χ3n) is 1.88. The van der Waals surface area contributed by atoms with Crippen LogP contribution in [0.3, 0.4) is 0 Å². The summed E-state index contributed by atoms with van der Waals surface area (Å²) in [5.41, 5.74) is 1.47. The van der Waals surface area contributed by atoms with Crippen LogP contribution in [0.1, 0.15) is 11.3 Å². The summed E-state index contributed by atoms with van der Waals surface area (Å²) in [4.78, 5) is 15.5. The SMILES string of the molecule is Cc1ccc(CN(CS(=O)[O-])C(=O)O)cn1. The summed E-state index contributed by atoms with van der Waals surface area (Å²) in [5.74, 6) is -0.538. The Labute approximate surface area is 95.2 Å². The molecule has 1 atom stereocenters. The van der Waals surface area contributed by atoms with Crippen molar-refractivity contribution in [1.82, 2.24) is 9.88 Å². The number of carbonyl (C=O) groups is 1. The fourth-order valence-electron chi connectivity index (χ4n) is 1.11. The summed E-state index contributed by atoms with van der Waals surface area (Å²) >= 11 is -2.42. The van der Waals surface area contributed by atoms with Crippen LogP contribution in [0.4, 0.5) is 4.79 Å². The molecule has 1 unspecified atom stereocenters. The highest BCUT2D eigenvalue weighted by atomic mass is 32.2. The Bertz CT molecular complexity index is 393. The Balaban J connectivity index is 2.71. The molecule has 0 radical (unpaired) electrons. The van der Waals surface area contributed by atoms with Gasteiger partial charge in [0.15, 0.2) is 0 Å². The molecule has 1 rings (SSSR count). The minimum absolute atomic E-state index is 0.0105. The van der Waals surface area contributed by atoms with E-state index in [9.17, 15) is 13.6 Å². The van der Waals surface area contributed by atoms with Gasteiger partial charge in [-0.05, 0) is 29.6 Å². The van der Waals surface area contributed by atoms with Crippen LogP contribution in [-0.4, -0.2) is 35.7 Å². The van der Waals surface area contributed by atoms with E-state index in [0.29, 0.717) is 5.56 Å². The van der Waals surface area contributed by atoms with Crippen LogP contribution >= 0.6 is 0 Å². The predicted octanol–water partition coefficient (Wildman–Crippen LogP) is 0.707. The van der Waals surface area contributed by atoms with Crippen LogP contribution in [0.2, 0.25) is 0 Å². The quantitative estimate of drug-likeness (QED) is 0.786. The van der Waals surface area contributed by atoms with Crippen molar-refractivity contribution >= 4 is 17.2 Å². The summed E-state index contributed by atoms with van der Waals surface area (Å²) in [7, 11) is 0. The molecular weight excluding hydrogens is 232 g/mol. The Morgan fingerprint density at radius 2 is 2.31 bits per heavy atom. The molecule has 7 heteroatoms. The fourth-order valence-corrected chi connectivity index (χ4v) is 1.56. The Kier molecular flexibility index (Phi) is 4.39. The van der Waals surface area contributed by atoms with E-state index in [1.807, 2.05) is 6.92 Å². The standard InChI is InChI=1S/C9H12N2O4S/c1-7-2-3-8(4-10-7)5-11(9(12)13)6-16(14)15/h2-4H,5-6H2,1H3,(H,12,13)(H,14,15)/p-1. The second kappa shape index (κ2) is 5.57. The topological polar surface area (TPSA) is 93.6 Å². The van der Waals surface area contributed by atoms with Gasteiger partial charge in [0.25, 0.3) is 0 Å². The van der Waals surface area contributed by atoms with Crippen molar-refractivity contribution in [3.63, 3.8) is 0 Å². The Hall–Kier alpha value is -1.47. The maximum Gasteiger partial charge on any atom is 0.408 e. The van der Waals surface area contributed by atoms with Crippen molar-refractivity contribution in [2.45, 2.75) is 13.5 Å². The van der Waals surface area contributed by atoms with Gasteiger partial charge in [0.2, 0.25) is 0 Å². The van der Waals surface area contributed by atoms with E-state index in [2.05, 4.69) is 4.98 Å². The molecule has 0 aliphatic heterocycles. The molecule has 0 aliphatic rings. The molecule has 0 aliphatic carbocycles. The molecule has 0 fully saturated rings. The second-order valence-corrected chi connectivity index (χ2v) is 4.09. The normalized spacial score (nSPS) is 12.1. The lowest BCUT2D eigenvalue weighted by atomic mass is 10.2. The summed E-state index contributed by atoms with van der Waals surface area (Å²) in [6.45, 7) is 1.82. The van der Waals surface area contributed by atoms with Crippen LogP contribution in [0.5, 0.6) is 0 Å². The second-order valence-electron chi connectivity index (χ2n) is 3.22. The van der Waals surface area contributed by atoms with Crippen molar-refractivity contribution in [2.24, 2.45) is 0 Å². The molecule has 1 amide bonds. The monoisotopic (exact) mass is 243 g/mol. The van der Waals surface area contributed by atoms with Crippen LogP contribution < -0.4 is 0 Å². The lowest BCUT2D eigenvalue weighted by Gasteiger charge is -2.20. The Morgan fingerprint density at radius 1 is 1.62 bits per heavy atom. The number of hydrogen-bond acceptors (Lipinski definition) is 4. The number of carboxylic acid groups (broad SMARTS) is 1. The molecule has 0 saturated carbocycles.